The second-order valence-corrected chi connectivity index (χ2v) is 6.47. The molecule has 0 heterocycles. The maximum absolute atomic E-state index is 11.6. The minimum Gasteiger partial charge on any atom is -0.432 e. The molecule has 2 unspecified atom stereocenters. The summed E-state index contributed by atoms with van der Waals surface area (Å²) in [5, 5.41) is 0. The van der Waals surface area contributed by atoms with Gasteiger partial charge in [-0.1, -0.05) is 47.1 Å². The number of rotatable bonds is 8. The molecule has 3 heteroatoms. The van der Waals surface area contributed by atoms with Crippen molar-refractivity contribution in [1.29, 1.82) is 0 Å². The molecular formula is C16H30O3. The quantitative estimate of drug-likeness (QED) is 0.371. The molecule has 0 bridgehead atoms. The van der Waals surface area contributed by atoms with Crippen LogP contribution in [-0.4, -0.2) is 18.4 Å². The summed E-state index contributed by atoms with van der Waals surface area (Å²) in [7, 11) is 0. The van der Waals surface area contributed by atoms with E-state index in [-0.39, 0.29) is 17.5 Å². The lowest BCUT2D eigenvalue weighted by Crippen LogP contribution is -2.30. The lowest BCUT2D eigenvalue weighted by Gasteiger charge is -2.28. The third kappa shape index (κ3) is 9.71. The predicted octanol–water partition coefficient (Wildman–Crippen LogP) is 4.46. The molecular weight excluding hydrogens is 240 g/mol. The number of ether oxygens (including phenoxy) is 2. The van der Waals surface area contributed by atoms with E-state index >= 15 is 0 Å². The Hall–Kier alpha value is -0.830. The first kappa shape index (κ1) is 18.2. The molecule has 0 aliphatic carbocycles. The minimum absolute atomic E-state index is 0.0461. The van der Waals surface area contributed by atoms with Crippen LogP contribution in [0.1, 0.15) is 67.2 Å². The van der Waals surface area contributed by atoms with Crippen LogP contribution >= 0.6 is 0 Å². The fourth-order valence-electron chi connectivity index (χ4n) is 1.66. The second kappa shape index (κ2) is 8.36. The van der Waals surface area contributed by atoms with Crippen molar-refractivity contribution in [3.05, 3.63) is 12.2 Å². The van der Waals surface area contributed by atoms with Crippen molar-refractivity contribution in [2.75, 3.05) is 0 Å². The van der Waals surface area contributed by atoms with Crippen molar-refractivity contribution in [3.8, 4) is 0 Å². The average Bonchev–Trinajstić information content (AvgIpc) is 2.23. The highest BCUT2D eigenvalue weighted by Crippen LogP contribution is 2.25. The van der Waals surface area contributed by atoms with Gasteiger partial charge in [0.2, 0.25) is 6.29 Å². The summed E-state index contributed by atoms with van der Waals surface area (Å²) in [5.41, 5.74) is 0.452. The highest BCUT2D eigenvalue weighted by atomic mass is 16.7. The molecule has 0 saturated carbocycles. The third-order valence-corrected chi connectivity index (χ3v) is 2.71. The summed E-state index contributed by atoms with van der Waals surface area (Å²) in [6.07, 6.45) is 3.55. The van der Waals surface area contributed by atoms with Crippen molar-refractivity contribution in [2.24, 2.45) is 5.41 Å². The number of carbonyl (C=O) groups is 1. The van der Waals surface area contributed by atoms with Gasteiger partial charge in [0, 0.05) is 12.0 Å². The van der Waals surface area contributed by atoms with Crippen molar-refractivity contribution in [3.63, 3.8) is 0 Å². The van der Waals surface area contributed by atoms with Crippen LogP contribution in [0.2, 0.25) is 0 Å². The zero-order valence-corrected chi connectivity index (χ0v) is 13.4. The number of hydrogen-bond donors (Lipinski definition) is 0. The van der Waals surface area contributed by atoms with E-state index in [4.69, 9.17) is 9.47 Å². The van der Waals surface area contributed by atoms with E-state index < -0.39 is 6.29 Å². The summed E-state index contributed by atoms with van der Waals surface area (Å²) in [5.74, 6) is -0.378. The van der Waals surface area contributed by atoms with Gasteiger partial charge in [-0.05, 0) is 25.7 Å². The van der Waals surface area contributed by atoms with Gasteiger partial charge < -0.3 is 9.47 Å². The molecule has 0 amide bonds. The Labute approximate surface area is 118 Å². The molecule has 0 aromatic rings. The maximum atomic E-state index is 11.6. The SMILES string of the molecule is C=C(C)C(=O)OC(CC(C)(C)C)OC(C)CCCC. The molecule has 0 spiro atoms. The summed E-state index contributed by atoms with van der Waals surface area (Å²) in [6, 6.07) is 0. The van der Waals surface area contributed by atoms with Crippen LogP contribution in [0.4, 0.5) is 0 Å². The summed E-state index contributed by atoms with van der Waals surface area (Å²) >= 11 is 0. The Morgan fingerprint density at radius 3 is 2.32 bits per heavy atom. The summed E-state index contributed by atoms with van der Waals surface area (Å²) in [4.78, 5) is 11.6. The van der Waals surface area contributed by atoms with Crippen LogP contribution in [0.25, 0.3) is 0 Å². The molecule has 2 atom stereocenters. The van der Waals surface area contributed by atoms with Crippen molar-refractivity contribution < 1.29 is 14.3 Å². The summed E-state index contributed by atoms with van der Waals surface area (Å²) < 4.78 is 11.2. The van der Waals surface area contributed by atoms with Crippen molar-refractivity contribution in [1.82, 2.24) is 0 Å². The molecule has 3 nitrogen and oxygen atoms in total. The number of esters is 1. The van der Waals surface area contributed by atoms with Crippen LogP contribution < -0.4 is 0 Å². The molecule has 0 saturated heterocycles. The monoisotopic (exact) mass is 270 g/mol. The van der Waals surface area contributed by atoms with E-state index in [9.17, 15) is 4.79 Å². The Morgan fingerprint density at radius 1 is 1.32 bits per heavy atom. The standard InChI is InChI=1S/C16H30O3/c1-8-9-10-13(4)18-14(11-16(5,6)7)19-15(17)12(2)3/h13-14H,2,8-11H2,1,3-7H3. The Morgan fingerprint density at radius 2 is 1.89 bits per heavy atom. The average molecular weight is 270 g/mol. The fraction of sp³-hybridized carbons (Fsp3) is 0.812. The van der Waals surface area contributed by atoms with Gasteiger partial charge in [0.25, 0.3) is 0 Å². The molecule has 19 heavy (non-hydrogen) atoms. The van der Waals surface area contributed by atoms with Gasteiger partial charge in [0.1, 0.15) is 0 Å². The molecule has 112 valence electrons. The number of unbranched alkanes of at least 4 members (excludes halogenated alkanes) is 1. The van der Waals surface area contributed by atoms with E-state index in [1.807, 2.05) is 6.92 Å². The lowest BCUT2D eigenvalue weighted by molar-refractivity contribution is -0.191. The molecule has 0 fully saturated rings. The van der Waals surface area contributed by atoms with Gasteiger partial charge in [-0.25, -0.2) is 4.79 Å². The molecule has 0 aliphatic rings. The van der Waals surface area contributed by atoms with Crippen molar-refractivity contribution >= 4 is 5.97 Å². The molecule has 0 aromatic carbocycles. The normalized spacial score (nSPS) is 14.8. The highest BCUT2D eigenvalue weighted by molar-refractivity contribution is 5.87. The maximum Gasteiger partial charge on any atom is 0.335 e. The fourth-order valence-corrected chi connectivity index (χ4v) is 1.66. The topological polar surface area (TPSA) is 35.5 Å². The van der Waals surface area contributed by atoms with E-state index in [2.05, 4.69) is 34.3 Å². The first-order chi connectivity index (χ1) is 8.65. The predicted molar refractivity (Wildman–Crippen MR) is 78.8 cm³/mol. The van der Waals surface area contributed by atoms with Crippen LogP contribution in [-0.2, 0) is 14.3 Å². The second-order valence-electron chi connectivity index (χ2n) is 6.47. The van der Waals surface area contributed by atoms with Gasteiger partial charge in [0.05, 0.1) is 6.10 Å². The molecule has 0 radical (unpaired) electrons. The van der Waals surface area contributed by atoms with Gasteiger partial charge in [-0.3, -0.25) is 0 Å². The highest BCUT2D eigenvalue weighted by Gasteiger charge is 2.24. The third-order valence-electron chi connectivity index (χ3n) is 2.71. The van der Waals surface area contributed by atoms with Gasteiger partial charge >= 0.3 is 5.97 Å². The van der Waals surface area contributed by atoms with Crippen LogP contribution in [0.3, 0.4) is 0 Å². The van der Waals surface area contributed by atoms with E-state index in [1.165, 1.54) is 0 Å². The first-order valence-electron chi connectivity index (χ1n) is 7.17. The molecule has 0 aliphatic heterocycles. The smallest absolute Gasteiger partial charge is 0.335 e. The molecule has 0 aromatic heterocycles. The number of carbonyl (C=O) groups excluding carboxylic acids is 1. The Bertz CT molecular complexity index is 289. The largest absolute Gasteiger partial charge is 0.432 e. The van der Waals surface area contributed by atoms with E-state index in [1.54, 1.807) is 6.92 Å². The van der Waals surface area contributed by atoms with Crippen molar-refractivity contribution in [2.45, 2.75) is 79.6 Å². The zero-order chi connectivity index (χ0) is 15.1. The van der Waals surface area contributed by atoms with Gasteiger partial charge in [-0.2, -0.15) is 0 Å². The van der Waals surface area contributed by atoms with Gasteiger partial charge in [-0.15, -0.1) is 0 Å². The lowest BCUT2D eigenvalue weighted by atomic mass is 9.92. The molecule has 0 rings (SSSR count). The first-order valence-corrected chi connectivity index (χ1v) is 7.17. The van der Waals surface area contributed by atoms with E-state index in [0.717, 1.165) is 19.3 Å². The van der Waals surface area contributed by atoms with E-state index in [0.29, 0.717) is 12.0 Å². The van der Waals surface area contributed by atoms with Gasteiger partial charge in [0.15, 0.2) is 0 Å². The van der Waals surface area contributed by atoms with Crippen LogP contribution in [0.15, 0.2) is 12.2 Å². The van der Waals surface area contributed by atoms with Crippen LogP contribution in [0, 0.1) is 5.41 Å². The zero-order valence-electron chi connectivity index (χ0n) is 13.4. The minimum atomic E-state index is -0.490. The summed E-state index contributed by atoms with van der Waals surface area (Å²) in [6.45, 7) is 15.8. The Balaban J connectivity index is 4.49. The number of hydrogen-bond acceptors (Lipinski definition) is 3. The van der Waals surface area contributed by atoms with Crippen LogP contribution in [0.5, 0.6) is 0 Å². The molecule has 0 N–H and O–H groups in total. The Kier molecular flexibility index (Phi) is 8.00.